The van der Waals surface area contributed by atoms with Crippen LogP contribution in [0, 0.1) is 0 Å². The Balaban J connectivity index is 1.79. The van der Waals surface area contributed by atoms with E-state index in [9.17, 15) is 4.79 Å². The maximum atomic E-state index is 11.8. The van der Waals surface area contributed by atoms with Crippen LogP contribution in [0.5, 0.6) is 0 Å². The van der Waals surface area contributed by atoms with Crippen molar-refractivity contribution < 1.29 is 9.53 Å². The van der Waals surface area contributed by atoms with Gasteiger partial charge in [0.2, 0.25) is 0 Å². The monoisotopic (exact) mass is 445 g/mol. The zero-order valence-corrected chi connectivity index (χ0v) is 19.4. The van der Waals surface area contributed by atoms with Gasteiger partial charge in [-0.25, -0.2) is 9.78 Å². The number of ether oxygens (including phenoxy) is 1. The fourth-order valence-corrected chi connectivity index (χ4v) is 2.81. The SMILES string of the molecule is CCNC(=NCCc1ccc(NC(=O)OC(C)(C)C)cc1)NCCc1ccc(Cl)nc1. The van der Waals surface area contributed by atoms with Crippen LogP contribution in [0.4, 0.5) is 10.5 Å². The second-order valence-corrected chi connectivity index (χ2v) is 8.39. The number of guanidine groups is 1. The summed E-state index contributed by atoms with van der Waals surface area (Å²) in [5.74, 6) is 0.785. The van der Waals surface area contributed by atoms with E-state index in [-0.39, 0.29) is 0 Å². The van der Waals surface area contributed by atoms with Crippen LogP contribution in [0.25, 0.3) is 0 Å². The Morgan fingerprint density at radius 1 is 1.06 bits per heavy atom. The summed E-state index contributed by atoms with van der Waals surface area (Å²) in [7, 11) is 0. The van der Waals surface area contributed by atoms with Crippen molar-refractivity contribution in [2.45, 2.75) is 46.1 Å². The Morgan fingerprint density at radius 2 is 1.77 bits per heavy atom. The van der Waals surface area contributed by atoms with E-state index >= 15 is 0 Å². The molecule has 3 N–H and O–H groups in total. The molecule has 2 rings (SSSR count). The minimum Gasteiger partial charge on any atom is -0.444 e. The number of anilines is 1. The molecule has 1 heterocycles. The number of rotatable bonds is 8. The molecular weight excluding hydrogens is 414 g/mol. The summed E-state index contributed by atoms with van der Waals surface area (Å²) in [6, 6.07) is 11.5. The molecule has 0 saturated heterocycles. The number of nitrogens with zero attached hydrogens (tertiary/aromatic N) is 2. The van der Waals surface area contributed by atoms with Crippen LogP contribution in [0.2, 0.25) is 5.15 Å². The van der Waals surface area contributed by atoms with Crippen LogP contribution in [-0.4, -0.2) is 42.3 Å². The summed E-state index contributed by atoms with van der Waals surface area (Å²) in [5, 5.41) is 9.83. The Morgan fingerprint density at radius 3 is 2.39 bits per heavy atom. The molecule has 0 aliphatic rings. The molecule has 8 heteroatoms. The highest BCUT2D eigenvalue weighted by Gasteiger charge is 2.16. The van der Waals surface area contributed by atoms with E-state index in [1.165, 1.54) is 0 Å². The zero-order valence-electron chi connectivity index (χ0n) is 18.7. The number of hydrogen-bond acceptors (Lipinski definition) is 4. The number of benzene rings is 1. The van der Waals surface area contributed by atoms with Crippen LogP contribution in [0.15, 0.2) is 47.6 Å². The molecule has 0 aliphatic carbocycles. The second kappa shape index (κ2) is 12.2. The van der Waals surface area contributed by atoms with Gasteiger partial charge in [-0.05, 0) is 69.9 Å². The Labute approximate surface area is 189 Å². The van der Waals surface area contributed by atoms with Crippen molar-refractivity contribution in [2.75, 3.05) is 25.0 Å². The van der Waals surface area contributed by atoms with Crippen LogP contribution in [0.3, 0.4) is 0 Å². The van der Waals surface area contributed by atoms with Crippen molar-refractivity contribution >= 4 is 29.3 Å². The number of carbonyl (C=O) groups excluding carboxylic acids is 1. The van der Waals surface area contributed by atoms with Gasteiger partial charge in [0, 0.05) is 31.5 Å². The number of carbonyl (C=O) groups is 1. The van der Waals surface area contributed by atoms with E-state index in [4.69, 9.17) is 16.3 Å². The summed E-state index contributed by atoms with van der Waals surface area (Å²) in [5.41, 5.74) is 2.44. The number of halogens is 1. The lowest BCUT2D eigenvalue weighted by molar-refractivity contribution is 0.0636. The summed E-state index contributed by atoms with van der Waals surface area (Å²) in [4.78, 5) is 20.6. The molecule has 0 unspecified atom stereocenters. The highest BCUT2D eigenvalue weighted by Crippen LogP contribution is 2.13. The van der Waals surface area contributed by atoms with E-state index in [0.29, 0.717) is 17.4 Å². The fraction of sp³-hybridized carbons (Fsp3) is 0.435. The van der Waals surface area contributed by atoms with Crippen molar-refractivity contribution in [3.8, 4) is 0 Å². The molecular formula is C23H32ClN5O2. The van der Waals surface area contributed by atoms with Gasteiger partial charge in [0.05, 0.1) is 0 Å². The molecule has 0 radical (unpaired) electrons. The predicted octanol–water partition coefficient (Wildman–Crippen LogP) is 4.42. The molecule has 1 aromatic heterocycles. The van der Waals surface area contributed by atoms with E-state index < -0.39 is 11.7 Å². The molecule has 2 aromatic rings. The Bertz CT molecular complexity index is 846. The van der Waals surface area contributed by atoms with Crippen molar-refractivity contribution in [2.24, 2.45) is 4.99 Å². The van der Waals surface area contributed by atoms with Crippen LogP contribution in [-0.2, 0) is 17.6 Å². The van der Waals surface area contributed by atoms with Gasteiger partial charge in [-0.2, -0.15) is 0 Å². The maximum Gasteiger partial charge on any atom is 0.412 e. The quantitative estimate of drug-likeness (QED) is 0.318. The largest absolute Gasteiger partial charge is 0.444 e. The minimum absolute atomic E-state index is 0.458. The molecule has 7 nitrogen and oxygen atoms in total. The zero-order chi connectivity index (χ0) is 22.7. The normalized spacial score (nSPS) is 11.7. The summed E-state index contributed by atoms with van der Waals surface area (Å²) in [6.07, 6.45) is 2.96. The Kier molecular flexibility index (Phi) is 9.59. The lowest BCUT2D eigenvalue weighted by Gasteiger charge is -2.19. The minimum atomic E-state index is -0.522. The molecule has 0 aliphatic heterocycles. The molecule has 0 fully saturated rings. The first-order valence-electron chi connectivity index (χ1n) is 10.5. The van der Waals surface area contributed by atoms with Gasteiger partial charge < -0.3 is 15.4 Å². The molecule has 1 amide bonds. The molecule has 31 heavy (non-hydrogen) atoms. The molecule has 0 atom stereocenters. The Hall–Kier alpha value is -2.80. The van der Waals surface area contributed by atoms with Gasteiger partial charge in [-0.15, -0.1) is 0 Å². The van der Waals surface area contributed by atoms with E-state index in [2.05, 4.69) is 25.9 Å². The number of aliphatic imine (C=N–C) groups is 1. The maximum absolute atomic E-state index is 11.8. The lowest BCUT2D eigenvalue weighted by atomic mass is 10.1. The van der Waals surface area contributed by atoms with Crippen molar-refractivity contribution in [1.82, 2.24) is 15.6 Å². The fourth-order valence-electron chi connectivity index (χ4n) is 2.69. The molecule has 0 saturated carbocycles. The topological polar surface area (TPSA) is 87.6 Å². The molecule has 0 spiro atoms. The van der Waals surface area contributed by atoms with Crippen LogP contribution >= 0.6 is 11.6 Å². The highest BCUT2D eigenvalue weighted by atomic mass is 35.5. The van der Waals surface area contributed by atoms with Crippen LogP contribution < -0.4 is 16.0 Å². The number of amides is 1. The number of hydrogen-bond donors (Lipinski definition) is 3. The average molecular weight is 446 g/mol. The molecule has 0 bridgehead atoms. The highest BCUT2D eigenvalue weighted by molar-refractivity contribution is 6.29. The summed E-state index contributed by atoms with van der Waals surface area (Å²) < 4.78 is 5.26. The number of pyridine rings is 1. The summed E-state index contributed by atoms with van der Waals surface area (Å²) >= 11 is 5.82. The lowest BCUT2D eigenvalue weighted by Crippen LogP contribution is -2.38. The van der Waals surface area contributed by atoms with E-state index in [0.717, 1.165) is 43.0 Å². The van der Waals surface area contributed by atoms with Crippen molar-refractivity contribution in [3.05, 3.63) is 58.9 Å². The van der Waals surface area contributed by atoms with Crippen molar-refractivity contribution in [3.63, 3.8) is 0 Å². The first-order valence-corrected chi connectivity index (χ1v) is 10.8. The average Bonchev–Trinajstić information content (AvgIpc) is 2.69. The molecule has 168 valence electrons. The van der Waals surface area contributed by atoms with Gasteiger partial charge >= 0.3 is 6.09 Å². The standard InChI is InChI=1S/C23H32ClN5O2/c1-5-25-21(27-15-13-18-8-11-20(24)28-16-18)26-14-12-17-6-9-19(10-7-17)29-22(30)31-23(2,3)4/h6-11,16H,5,12-15H2,1-4H3,(H,29,30)(H2,25,26,27). The van der Waals surface area contributed by atoms with E-state index in [1.807, 2.05) is 58.0 Å². The number of nitrogens with one attached hydrogen (secondary N) is 3. The second-order valence-electron chi connectivity index (χ2n) is 8.00. The molecule has 1 aromatic carbocycles. The predicted molar refractivity (Wildman–Crippen MR) is 127 cm³/mol. The van der Waals surface area contributed by atoms with Gasteiger partial charge in [-0.1, -0.05) is 29.8 Å². The van der Waals surface area contributed by atoms with Gasteiger partial charge in [0.15, 0.2) is 5.96 Å². The first-order chi connectivity index (χ1) is 14.7. The van der Waals surface area contributed by atoms with Gasteiger partial charge in [-0.3, -0.25) is 10.3 Å². The third-order valence-corrected chi connectivity index (χ3v) is 4.33. The third-order valence-electron chi connectivity index (χ3n) is 4.11. The first kappa shape index (κ1) is 24.5. The smallest absolute Gasteiger partial charge is 0.412 e. The number of aromatic nitrogens is 1. The van der Waals surface area contributed by atoms with Crippen molar-refractivity contribution in [1.29, 1.82) is 0 Å². The van der Waals surface area contributed by atoms with Gasteiger partial charge in [0.1, 0.15) is 10.8 Å². The van der Waals surface area contributed by atoms with Crippen LogP contribution in [0.1, 0.15) is 38.8 Å². The third kappa shape index (κ3) is 10.2. The van der Waals surface area contributed by atoms with Gasteiger partial charge in [0.25, 0.3) is 0 Å². The van der Waals surface area contributed by atoms with E-state index in [1.54, 1.807) is 12.3 Å². The summed E-state index contributed by atoms with van der Waals surface area (Å²) in [6.45, 7) is 9.73.